The topological polar surface area (TPSA) is 44.8 Å². The van der Waals surface area contributed by atoms with E-state index in [1.54, 1.807) is 27.4 Å². The summed E-state index contributed by atoms with van der Waals surface area (Å²) >= 11 is 0.180. The van der Waals surface area contributed by atoms with Gasteiger partial charge in [0.25, 0.3) is 0 Å². The molecule has 25 heavy (non-hydrogen) atoms. The van der Waals surface area contributed by atoms with Crippen molar-refractivity contribution in [2.24, 2.45) is 0 Å². The zero-order chi connectivity index (χ0) is 18.4. The minimum absolute atomic E-state index is 0.0331. The maximum atomic E-state index is 12.9. The predicted molar refractivity (Wildman–Crippen MR) is 102 cm³/mol. The summed E-state index contributed by atoms with van der Waals surface area (Å²) in [5.74, 6) is 4.10. The van der Waals surface area contributed by atoms with Crippen LogP contribution in [0.2, 0.25) is 5.82 Å². The van der Waals surface area contributed by atoms with Gasteiger partial charge in [0.05, 0.1) is 0 Å². The molecule has 0 aliphatic heterocycles. The number of allylic oxidation sites excluding steroid dienone is 1. The molecule has 0 aliphatic carbocycles. The normalized spacial score (nSPS) is 11.2. The number of methoxy groups -OCH3 is 3. The second-order valence-electron chi connectivity index (χ2n) is 5.35. The fraction of sp³-hybridized carbons (Fsp3) is 0.250. The van der Waals surface area contributed by atoms with Crippen molar-refractivity contribution in [2.45, 2.75) is 12.7 Å². The summed E-state index contributed by atoms with van der Waals surface area (Å²) in [6, 6.07) is 11.2. The third kappa shape index (κ3) is 4.44. The van der Waals surface area contributed by atoms with Crippen LogP contribution in [0.3, 0.4) is 0 Å². The average molecular weight is 405 g/mol. The van der Waals surface area contributed by atoms with Gasteiger partial charge in [-0.15, -0.1) is 0 Å². The van der Waals surface area contributed by atoms with Crippen LogP contribution >= 0.6 is 0 Å². The molecule has 0 saturated carbocycles. The van der Waals surface area contributed by atoms with Gasteiger partial charge in [-0.1, -0.05) is 0 Å². The summed E-state index contributed by atoms with van der Waals surface area (Å²) in [5, 5.41) is 0. The van der Waals surface area contributed by atoms with Crippen molar-refractivity contribution in [1.29, 1.82) is 0 Å². The van der Waals surface area contributed by atoms with Crippen molar-refractivity contribution in [1.82, 2.24) is 0 Å². The molecule has 0 aromatic heterocycles. The summed E-state index contributed by atoms with van der Waals surface area (Å²) in [7, 11) is 4.82. The number of Topliss-reactive ketones (excluding diaryl/α,β-unsaturated/α-hetero) is 1. The first-order valence-electron chi connectivity index (χ1n) is 7.71. The number of hydrogen-bond donors (Lipinski definition) is 0. The van der Waals surface area contributed by atoms with E-state index in [2.05, 4.69) is 5.82 Å². The van der Waals surface area contributed by atoms with Gasteiger partial charge in [-0.3, -0.25) is 0 Å². The first kappa shape index (κ1) is 19.1. The quantitative estimate of drug-likeness (QED) is 0.403. The van der Waals surface area contributed by atoms with E-state index in [0.29, 0.717) is 22.6 Å². The third-order valence-electron chi connectivity index (χ3n) is 3.76. The molecule has 0 fully saturated rings. The molecule has 0 bridgehead atoms. The van der Waals surface area contributed by atoms with Crippen LogP contribution in [0.1, 0.15) is 22.8 Å². The molecule has 0 heterocycles. The number of carbonyl (C=O) groups excluding carboxylic acids is 1. The summed E-state index contributed by atoms with van der Waals surface area (Å²) in [5.41, 5.74) is 2.17. The summed E-state index contributed by atoms with van der Waals surface area (Å²) in [6.45, 7) is 1.81. The van der Waals surface area contributed by atoms with Crippen LogP contribution in [0.15, 0.2) is 42.0 Å². The van der Waals surface area contributed by atoms with Crippen molar-refractivity contribution in [3.8, 4) is 17.2 Å². The first-order valence-corrected chi connectivity index (χ1v) is 10.3. The molecule has 5 heteroatoms. The Hall–Kier alpha value is -2.23. The number of hydrogen-bond acceptors (Lipinski definition) is 4. The van der Waals surface area contributed by atoms with Crippen molar-refractivity contribution < 1.29 is 19.0 Å². The van der Waals surface area contributed by atoms with Crippen molar-refractivity contribution >= 4 is 31.3 Å². The maximum absolute atomic E-state index is 12.9. The monoisotopic (exact) mass is 406 g/mol. The van der Waals surface area contributed by atoms with E-state index in [0.717, 1.165) is 15.8 Å². The molecule has 0 radical (unpaired) electrons. The molecule has 0 aliphatic rings. The fourth-order valence-electron chi connectivity index (χ4n) is 2.49. The summed E-state index contributed by atoms with van der Waals surface area (Å²) < 4.78 is 17.1. The van der Waals surface area contributed by atoms with E-state index in [4.69, 9.17) is 14.2 Å². The van der Waals surface area contributed by atoms with Gasteiger partial charge in [-0.2, -0.15) is 0 Å². The Morgan fingerprint density at radius 3 is 2.40 bits per heavy atom. The van der Waals surface area contributed by atoms with Gasteiger partial charge in [-0.05, 0) is 0 Å². The van der Waals surface area contributed by atoms with Gasteiger partial charge in [0.15, 0.2) is 0 Å². The van der Waals surface area contributed by atoms with Crippen LogP contribution in [-0.4, -0.2) is 42.1 Å². The van der Waals surface area contributed by atoms with Crippen LogP contribution in [-0.2, 0) is 0 Å². The predicted octanol–water partition coefficient (Wildman–Crippen LogP) is 3.38. The molecule has 0 atom stereocenters. The summed E-state index contributed by atoms with van der Waals surface area (Å²) in [4.78, 5) is 12.9. The van der Waals surface area contributed by atoms with Crippen molar-refractivity contribution in [2.75, 3.05) is 21.3 Å². The Morgan fingerprint density at radius 1 is 1.04 bits per heavy atom. The fourth-order valence-corrected chi connectivity index (χ4v) is 3.78. The molecule has 2 rings (SSSR count). The molecule has 2 aromatic carbocycles. The number of ether oxygens (including phenoxy) is 3. The van der Waals surface area contributed by atoms with Gasteiger partial charge in [0.1, 0.15) is 0 Å². The van der Waals surface area contributed by atoms with Gasteiger partial charge in [0, 0.05) is 0 Å². The number of ketones is 1. The second kappa shape index (κ2) is 8.75. The van der Waals surface area contributed by atoms with Crippen LogP contribution in [0, 0.1) is 0 Å². The Morgan fingerprint density at radius 2 is 1.80 bits per heavy atom. The van der Waals surface area contributed by atoms with E-state index in [1.807, 2.05) is 43.3 Å². The number of benzene rings is 2. The average Bonchev–Trinajstić information content (AvgIpc) is 2.66. The Bertz CT molecular complexity index is 771. The van der Waals surface area contributed by atoms with E-state index in [-0.39, 0.29) is 20.7 Å². The molecule has 0 spiro atoms. The Labute approximate surface area is 155 Å². The number of rotatable bonds is 7. The van der Waals surface area contributed by atoms with E-state index >= 15 is 0 Å². The Balaban J connectivity index is 2.40. The van der Waals surface area contributed by atoms with Gasteiger partial charge in [0.2, 0.25) is 0 Å². The van der Waals surface area contributed by atoms with E-state index in [9.17, 15) is 4.79 Å². The molecular weight excluding hydrogens is 383 g/mol. The van der Waals surface area contributed by atoms with Gasteiger partial charge < -0.3 is 0 Å². The molecular formula is C20H22O4Se. The zero-order valence-corrected chi connectivity index (χ0v) is 16.8. The molecule has 0 unspecified atom stereocenters. The molecule has 2 aromatic rings. The van der Waals surface area contributed by atoms with Crippen LogP contribution in [0.4, 0.5) is 0 Å². The first-order chi connectivity index (χ1) is 12.0. The minimum atomic E-state index is -0.0331. The Kier molecular flexibility index (Phi) is 6.68. The van der Waals surface area contributed by atoms with Crippen LogP contribution in [0.5, 0.6) is 17.2 Å². The van der Waals surface area contributed by atoms with Crippen molar-refractivity contribution in [3.05, 3.63) is 53.1 Å². The molecule has 0 amide bonds. The van der Waals surface area contributed by atoms with Crippen molar-refractivity contribution in [3.63, 3.8) is 0 Å². The second-order valence-corrected chi connectivity index (χ2v) is 7.13. The van der Waals surface area contributed by atoms with Gasteiger partial charge >= 0.3 is 155 Å². The number of carbonyl (C=O) groups is 1. The molecule has 132 valence electrons. The van der Waals surface area contributed by atoms with Crippen LogP contribution < -0.4 is 18.7 Å². The van der Waals surface area contributed by atoms with Gasteiger partial charge in [-0.25, -0.2) is 0 Å². The zero-order valence-electron chi connectivity index (χ0n) is 15.1. The SMILES string of the molecule is COc1cccc(/C=C(\C)C(=O)c2cc(OC)c(OC)c([Se]C)c2)c1. The molecule has 0 saturated heterocycles. The van der Waals surface area contributed by atoms with E-state index in [1.165, 1.54) is 0 Å². The van der Waals surface area contributed by atoms with E-state index < -0.39 is 0 Å². The molecule has 0 N–H and O–H groups in total. The van der Waals surface area contributed by atoms with Crippen LogP contribution in [0.25, 0.3) is 6.08 Å². The third-order valence-corrected chi connectivity index (χ3v) is 5.32. The summed E-state index contributed by atoms with van der Waals surface area (Å²) in [6.07, 6.45) is 1.86. The molecule has 4 nitrogen and oxygen atoms in total. The standard InChI is InChI=1S/C20H22O4Se/c1-13(9-14-7-6-8-16(10-14)22-2)19(21)15-11-17(23-3)20(24-4)18(12-15)25-5/h6-12H,1-5H3/b13-9+.